The first-order valence-corrected chi connectivity index (χ1v) is 9.59. The van der Waals surface area contributed by atoms with Gasteiger partial charge >= 0.3 is 5.97 Å². The largest absolute Gasteiger partial charge is 0.481 e. The molecule has 0 heterocycles. The first kappa shape index (κ1) is 15.9. The molecule has 4 rings (SSSR count). The Hall–Kier alpha value is -0.570. The first-order valence-electron chi connectivity index (χ1n) is 9.59. The average molecular weight is 320 g/mol. The molecule has 0 unspecified atom stereocenters. The molecule has 0 radical (unpaired) electrons. The number of aliphatic hydroxyl groups is 1. The third kappa shape index (κ3) is 1.73. The summed E-state index contributed by atoms with van der Waals surface area (Å²) in [4.78, 5) is 12.1. The second-order valence-corrected chi connectivity index (χ2v) is 10.1. The molecule has 4 aliphatic carbocycles. The maximum Gasteiger partial charge on any atom is 0.309 e. The topological polar surface area (TPSA) is 57.5 Å². The number of carboxylic acids is 1. The minimum atomic E-state index is -0.583. The molecule has 3 heteroatoms. The number of rotatable bonds is 1. The first-order chi connectivity index (χ1) is 10.7. The molecule has 7 atom stereocenters. The number of aliphatic carboxylic acids is 1. The van der Waals surface area contributed by atoms with E-state index >= 15 is 0 Å². The van der Waals surface area contributed by atoms with Crippen LogP contribution in [0.2, 0.25) is 0 Å². The van der Waals surface area contributed by atoms with Crippen LogP contribution in [-0.2, 0) is 4.79 Å². The summed E-state index contributed by atoms with van der Waals surface area (Å²) in [6, 6.07) is 0. The Morgan fingerprint density at radius 3 is 2.48 bits per heavy atom. The Bertz CT molecular complexity index is 545. The van der Waals surface area contributed by atoms with Crippen LogP contribution >= 0.6 is 0 Å². The van der Waals surface area contributed by atoms with Crippen LogP contribution in [-0.4, -0.2) is 22.3 Å². The SMILES string of the molecule is C[C@]12CC[C@]3(C1)[C@@H](CC[C@@H]1[C@]3(C)CCC[C@]1(C)C(=O)O)C[C@@H]2O. The van der Waals surface area contributed by atoms with Gasteiger partial charge < -0.3 is 10.2 Å². The van der Waals surface area contributed by atoms with Gasteiger partial charge in [-0.2, -0.15) is 0 Å². The molecule has 2 bridgehead atoms. The van der Waals surface area contributed by atoms with Crippen LogP contribution in [0.15, 0.2) is 0 Å². The van der Waals surface area contributed by atoms with E-state index < -0.39 is 11.4 Å². The molecule has 1 spiro atoms. The highest BCUT2D eigenvalue weighted by Crippen LogP contribution is 2.76. The molecule has 4 saturated carbocycles. The van der Waals surface area contributed by atoms with Crippen molar-refractivity contribution in [3.63, 3.8) is 0 Å². The number of hydrogen-bond acceptors (Lipinski definition) is 2. The molecule has 2 N–H and O–H groups in total. The lowest BCUT2D eigenvalue weighted by atomic mass is 9.38. The van der Waals surface area contributed by atoms with Crippen molar-refractivity contribution in [3.8, 4) is 0 Å². The second kappa shape index (κ2) is 4.53. The van der Waals surface area contributed by atoms with Gasteiger partial charge in [0.05, 0.1) is 11.5 Å². The summed E-state index contributed by atoms with van der Waals surface area (Å²) in [5, 5.41) is 20.6. The minimum absolute atomic E-state index is 0.0679. The molecule has 0 aromatic rings. The molecule has 0 aromatic carbocycles. The van der Waals surface area contributed by atoms with Crippen LogP contribution < -0.4 is 0 Å². The van der Waals surface area contributed by atoms with Gasteiger partial charge in [-0.05, 0) is 86.4 Å². The van der Waals surface area contributed by atoms with E-state index in [0.29, 0.717) is 11.8 Å². The van der Waals surface area contributed by atoms with E-state index in [1.165, 1.54) is 12.8 Å². The maximum absolute atomic E-state index is 12.1. The normalized spacial score (nSPS) is 58.3. The second-order valence-electron chi connectivity index (χ2n) is 10.1. The molecular formula is C20H32O3. The molecule has 0 saturated heterocycles. The number of hydrogen-bond donors (Lipinski definition) is 2. The zero-order valence-corrected chi connectivity index (χ0v) is 14.9. The van der Waals surface area contributed by atoms with E-state index in [1.807, 2.05) is 6.92 Å². The van der Waals surface area contributed by atoms with Crippen molar-refractivity contribution in [2.45, 2.75) is 84.7 Å². The number of carbonyl (C=O) groups is 1. The third-order valence-corrected chi connectivity index (χ3v) is 9.32. The van der Waals surface area contributed by atoms with Crippen LogP contribution in [0.5, 0.6) is 0 Å². The monoisotopic (exact) mass is 320 g/mol. The van der Waals surface area contributed by atoms with E-state index in [0.717, 1.165) is 44.9 Å². The Labute approximate surface area is 139 Å². The van der Waals surface area contributed by atoms with E-state index in [2.05, 4.69) is 13.8 Å². The fraction of sp³-hybridized carbons (Fsp3) is 0.950. The van der Waals surface area contributed by atoms with Crippen molar-refractivity contribution < 1.29 is 15.0 Å². The van der Waals surface area contributed by atoms with Gasteiger partial charge in [0, 0.05) is 0 Å². The highest BCUT2D eigenvalue weighted by atomic mass is 16.4. The molecule has 23 heavy (non-hydrogen) atoms. The van der Waals surface area contributed by atoms with Gasteiger partial charge in [-0.1, -0.05) is 20.3 Å². The summed E-state index contributed by atoms with van der Waals surface area (Å²) in [6.45, 7) is 6.71. The van der Waals surface area contributed by atoms with Crippen LogP contribution in [0.4, 0.5) is 0 Å². The Morgan fingerprint density at radius 2 is 1.78 bits per heavy atom. The molecule has 130 valence electrons. The summed E-state index contributed by atoms with van der Waals surface area (Å²) in [6.07, 6.45) is 9.46. The number of aliphatic hydroxyl groups excluding tert-OH is 1. The molecule has 4 aliphatic rings. The van der Waals surface area contributed by atoms with Crippen LogP contribution in [0.1, 0.15) is 78.6 Å². The van der Waals surface area contributed by atoms with Gasteiger partial charge in [0.2, 0.25) is 0 Å². The standard InChI is InChI=1S/C20H32O3/c1-17-9-10-20(12-17)13(11-15(17)21)5-6-14-18(2,16(22)23)7-4-8-19(14,20)3/h13-15,21H,4-12H2,1-3H3,(H,22,23)/t13-,14-,15-,17-,18-,19-,20-/m0/s1. The highest BCUT2D eigenvalue weighted by Gasteiger charge is 2.70. The average Bonchev–Trinajstić information content (AvgIpc) is 2.80. The highest BCUT2D eigenvalue weighted by molar-refractivity contribution is 5.75. The summed E-state index contributed by atoms with van der Waals surface area (Å²) in [7, 11) is 0. The lowest BCUT2D eigenvalue weighted by molar-refractivity contribution is -0.203. The number of carboxylic acid groups (broad SMARTS) is 1. The summed E-state index contributed by atoms with van der Waals surface area (Å²) in [5.74, 6) is 0.320. The van der Waals surface area contributed by atoms with E-state index in [9.17, 15) is 15.0 Å². The molecule has 0 amide bonds. The van der Waals surface area contributed by atoms with Crippen molar-refractivity contribution in [1.29, 1.82) is 0 Å². The van der Waals surface area contributed by atoms with Crippen molar-refractivity contribution in [3.05, 3.63) is 0 Å². The van der Waals surface area contributed by atoms with E-state index in [4.69, 9.17) is 0 Å². The van der Waals surface area contributed by atoms with Gasteiger partial charge in [0.25, 0.3) is 0 Å². The van der Waals surface area contributed by atoms with Crippen molar-refractivity contribution >= 4 is 5.97 Å². The van der Waals surface area contributed by atoms with Gasteiger partial charge in [-0.25, -0.2) is 0 Å². The molecule has 4 fully saturated rings. The Balaban J connectivity index is 1.80. The predicted octanol–water partition coefficient (Wildman–Crippen LogP) is 4.23. The Morgan fingerprint density at radius 1 is 1.04 bits per heavy atom. The van der Waals surface area contributed by atoms with Crippen LogP contribution in [0.25, 0.3) is 0 Å². The van der Waals surface area contributed by atoms with Crippen molar-refractivity contribution in [1.82, 2.24) is 0 Å². The zero-order chi connectivity index (χ0) is 16.7. The van der Waals surface area contributed by atoms with E-state index in [1.54, 1.807) is 0 Å². The smallest absolute Gasteiger partial charge is 0.309 e. The molecule has 0 aliphatic heterocycles. The van der Waals surface area contributed by atoms with Gasteiger partial charge in [-0.3, -0.25) is 4.79 Å². The van der Waals surface area contributed by atoms with Crippen molar-refractivity contribution in [2.24, 2.45) is 33.5 Å². The molecule has 3 nitrogen and oxygen atoms in total. The summed E-state index contributed by atoms with van der Waals surface area (Å²) < 4.78 is 0. The lowest BCUT2D eigenvalue weighted by Crippen LogP contribution is -2.61. The van der Waals surface area contributed by atoms with Crippen LogP contribution in [0, 0.1) is 33.5 Å². The number of fused-ring (bicyclic) bond motifs is 2. The van der Waals surface area contributed by atoms with E-state index in [-0.39, 0.29) is 22.3 Å². The molecular weight excluding hydrogens is 288 g/mol. The fourth-order valence-corrected chi connectivity index (χ4v) is 7.90. The minimum Gasteiger partial charge on any atom is -0.481 e. The molecule has 0 aromatic heterocycles. The van der Waals surface area contributed by atoms with Crippen LogP contribution in [0.3, 0.4) is 0 Å². The van der Waals surface area contributed by atoms with Gasteiger partial charge in [0.1, 0.15) is 0 Å². The van der Waals surface area contributed by atoms with Gasteiger partial charge in [0.15, 0.2) is 0 Å². The van der Waals surface area contributed by atoms with Crippen molar-refractivity contribution in [2.75, 3.05) is 0 Å². The summed E-state index contributed by atoms with van der Waals surface area (Å²) in [5.41, 5.74) is -0.0690. The third-order valence-electron chi connectivity index (χ3n) is 9.32. The summed E-state index contributed by atoms with van der Waals surface area (Å²) >= 11 is 0. The predicted molar refractivity (Wildman–Crippen MR) is 88.9 cm³/mol. The lowest BCUT2D eigenvalue weighted by Gasteiger charge is -2.66. The van der Waals surface area contributed by atoms with Gasteiger partial charge in [-0.15, -0.1) is 0 Å². The maximum atomic E-state index is 12.1. The quantitative estimate of drug-likeness (QED) is 0.760. The Kier molecular flexibility index (Phi) is 3.14. The fourth-order valence-electron chi connectivity index (χ4n) is 7.90. The zero-order valence-electron chi connectivity index (χ0n) is 14.9.